The van der Waals surface area contributed by atoms with Crippen LogP contribution in [0.3, 0.4) is 0 Å². The van der Waals surface area contributed by atoms with Crippen LogP contribution in [0.1, 0.15) is 6.42 Å². The van der Waals surface area contributed by atoms with Gasteiger partial charge in [-0.15, -0.1) is 0 Å². The number of anilines is 2. The highest BCUT2D eigenvalue weighted by atomic mass is 79.9. The van der Waals surface area contributed by atoms with Crippen molar-refractivity contribution in [3.05, 3.63) is 57.5 Å². The molecule has 2 aromatic rings. The number of carbonyl (C=O) groups is 2. The van der Waals surface area contributed by atoms with Crippen molar-refractivity contribution in [3.63, 3.8) is 0 Å². The predicted molar refractivity (Wildman–Crippen MR) is 92.8 cm³/mol. The van der Waals surface area contributed by atoms with Crippen LogP contribution in [0.15, 0.2) is 57.5 Å². The van der Waals surface area contributed by atoms with Crippen molar-refractivity contribution in [1.82, 2.24) is 0 Å². The van der Waals surface area contributed by atoms with Crippen LogP contribution in [0.2, 0.25) is 0 Å². The molecule has 1 aliphatic rings. The molecule has 2 aromatic carbocycles. The van der Waals surface area contributed by atoms with Gasteiger partial charge in [0.2, 0.25) is 5.91 Å². The van der Waals surface area contributed by atoms with E-state index in [0.29, 0.717) is 5.69 Å². The molecule has 1 aliphatic heterocycles. The molecule has 3 rings (SSSR count). The first kappa shape index (κ1) is 15.2. The fourth-order valence-corrected chi connectivity index (χ4v) is 2.88. The number of hydrogen-bond acceptors (Lipinski definition) is 3. The third kappa shape index (κ3) is 3.08. The first-order chi connectivity index (χ1) is 10.5. The van der Waals surface area contributed by atoms with Crippen LogP contribution in [0.25, 0.3) is 0 Å². The monoisotopic (exact) mass is 422 g/mol. The lowest BCUT2D eigenvalue weighted by atomic mass is 10.2. The van der Waals surface area contributed by atoms with Crippen molar-refractivity contribution in [1.29, 1.82) is 0 Å². The molecule has 1 N–H and O–H groups in total. The Bertz CT molecular complexity index is 714. The molecule has 0 aromatic heterocycles. The summed E-state index contributed by atoms with van der Waals surface area (Å²) < 4.78 is 1.86. The van der Waals surface area contributed by atoms with Crippen molar-refractivity contribution in [2.24, 2.45) is 0 Å². The third-order valence-electron chi connectivity index (χ3n) is 3.42. The Kier molecular flexibility index (Phi) is 4.31. The van der Waals surface area contributed by atoms with Crippen LogP contribution in [-0.4, -0.2) is 17.9 Å². The number of nitrogens with zero attached hydrogens (tertiary/aromatic N) is 1. The fourth-order valence-electron chi connectivity index (χ4n) is 2.35. The second-order valence-corrected chi connectivity index (χ2v) is 6.78. The van der Waals surface area contributed by atoms with Crippen LogP contribution in [-0.2, 0) is 9.59 Å². The highest BCUT2D eigenvalue weighted by Gasteiger charge is 2.39. The molecule has 1 fully saturated rings. The zero-order chi connectivity index (χ0) is 15.7. The van der Waals surface area contributed by atoms with Crippen molar-refractivity contribution in [3.8, 4) is 0 Å². The molecule has 0 unspecified atom stereocenters. The molecule has 0 aliphatic carbocycles. The fraction of sp³-hybridized carbons (Fsp3) is 0.125. The molecule has 1 atom stereocenters. The first-order valence-corrected chi connectivity index (χ1v) is 8.27. The number of benzene rings is 2. The van der Waals surface area contributed by atoms with Crippen molar-refractivity contribution in [2.45, 2.75) is 12.5 Å². The Balaban J connectivity index is 1.79. The van der Waals surface area contributed by atoms with Gasteiger partial charge >= 0.3 is 0 Å². The molecule has 4 nitrogen and oxygen atoms in total. The molecule has 0 spiro atoms. The molecular formula is C16H12Br2N2O2. The summed E-state index contributed by atoms with van der Waals surface area (Å²) in [7, 11) is 0. The highest BCUT2D eigenvalue weighted by Crippen LogP contribution is 2.26. The van der Waals surface area contributed by atoms with Crippen LogP contribution >= 0.6 is 31.9 Å². The van der Waals surface area contributed by atoms with Gasteiger partial charge in [-0.05, 0) is 48.5 Å². The van der Waals surface area contributed by atoms with Crippen LogP contribution in [0.4, 0.5) is 11.4 Å². The summed E-state index contributed by atoms with van der Waals surface area (Å²) in [6, 6.07) is 14.1. The summed E-state index contributed by atoms with van der Waals surface area (Å²) in [5.41, 5.74) is 1.41. The van der Waals surface area contributed by atoms with E-state index in [0.717, 1.165) is 14.6 Å². The number of halogens is 2. The van der Waals surface area contributed by atoms with Gasteiger partial charge in [-0.25, -0.2) is 4.90 Å². The number of carbonyl (C=O) groups excluding carboxylic acids is 2. The van der Waals surface area contributed by atoms with Gasteiger partial charge in [0, 0.05) is 14.6 Å². The largest absolute Gasteiger partial charge is 0.373 e. The van der Waals surface area contributed by atoms with Gasteiger partial charge in [-0.3, -0.25) is 9.59 Å². The lowest BCUT2D eigenvalue weighted by molar-refractivity contribution is -0.121. The van der Waals surface area contributed by atoms with E-state index in [4.69, 9.17) is 0 Å². The number of imide groups is 1. The Morgan fingerprint density at radius 3 is 2.05 bits per heavy atom. The minimum atomic E-state index is -0.530. The number of amides is 2. The number of rotatable bonds is 3. The number of nitrogens with one attached hydrogen (secondary N) is 1. The van der Waals surface area contributed by atoms with Gasteiger partial charge in [0.15, 0.2) is 0 Å². The summed E-state index contributed by atoms with van der Waals surface area (Å²) in [5.74, 6) is -0.419. The zero-order valence-corrected chi connectivity index (χ0v) is 14.6. The van der Waals surface area contributed by atoms with E-state index in [1.807, 2.05) is 36.4 Å². The minimum absolute atomic E-state index is 0.158. The highest BCUT2D eigenvalue weighted by molar-refractivity contribution is 9.10. The van der Waals surface area contributed by atoms with E-state index in [2.05, 4.69) is 37.2 Å². The Morgan fingerprint density at radius 2 is 1.45 bits per heavy atom. The second kappa shape index (κ2) is 6.22. The van der Waals surface area contributed by atoms with Crippen LogP contribution in [0.5, 0.6) is 0 Å². The van der Waals surface area contributed by atoms with E-state index >= 15 is 0 Å². The lowest BCUT2D eigenvalue weighted by Crippen LogP contribution is -2.34. The average Bonchev–Trinajstić information content (AvgIpc) is 2.77. The maximum absolute atomic E-state index is 12.5. The SMILES string of the molecule is O=C1C[C@@H](Nc2ccc(Br)cc2)C(=O)N1c1ccc(Br)cc1. The lowest BCUT2D eigenvalue weighted by Gasteiger charge is -2.16. The standard InChI is InChI=1S/C16H12Br2N2O2/c17-10-1-5-12(6-2-10)19-14-9-15(21)20(16(14)22)13-7-3-11(18)4-8-13/h1-8,14,19H,9H2/t14-/m1/s1. The Labute approximate surface area is 144 Å². The maximum atomic E-state index is 12.5. The van der Waals surface area contributed by atoms with Crippen molar-refractivity contribution >= 4 is 55.0 Å². The second-order valence-electron chi connectivity index (χ2n) is 4.95. The van der Waals surface area contributed by atoms with Gasteiger partial charge in [0.1, 0.15) is 6.04 Å². The number of hydrogen-bond donors (Lipinski definition) is 1. The van der Waals surface area contributed by atoms with E-state index in [9.17, 15) is 9.59 Å². The molecule has 2 amide bonds. The van der Waals surface area contributed by atoms with Crippen molar-refractivity contribution < 1.29 is 9.59 Å². The Hall–Kier alpha value is -1.66. The van der Waals surface area contributed by atoms with Gasteiger partial charge in [0.25, 0.3) is 5.91 Å². The van der Waals surface area contributed by atoms with E-state index in [-0.39, 0.29) is 18.2 Å². The zero-order valence-electron chi connectivity index (χ0n) is 11.4. The first-order valence-electron chi connectivity index (χ1n) is 6.69. The van der Waals surface area contributed by atoms with Gasteiger partial charge in [-0.2, -0.15) is 0 Å². The normalized spacial score (nSPS) is 17.9. The van der Waals surface area contributed by atoms with Crippen LogP contribution in [0, 0.1) is 0 Å². The maximum Gasteiger partial charge on any atom is 0.256 e. The van der Waals surface area contributed by atoms with Gasteiger partial charge in [-0.1, -0.05) is 31.9 Å². The molecule has 1 saturated heterocycles. The third-order valence-corrected chi connectivity index (χ3v) is 4.47. The summed E-state index contributed by atoms with van der Waals surface area (Å²) in [6.45, 7) is 0. The summed E-state index contributed by atoms with van der Waals surface area (Å²) in [6.07, 6.45) is 0.158. The topological polar surface area (TPSA) is 49.4 Å². The van der Waals surface area contributed by atoms with E-state index in [1.165, 1.54) is 4.90 Å². The van der Waals surface area contributed by atoms with E-state index in [1.54, 1.807) is 12.1 Å². The molecule has 6 heteroatoms. The van der Waals surface area contributed by atoms with Crippen LogP contribution < -0.4 is 10.2 Å². The molecule has 0 radical (unpaired) electrons. The molecule has 0 saturated carbocycles. The predicted octanol–water partition coefficient (Wildman–Crippen LogP) is 3.96. The summed E-state index contributed by atoms with van der Waals surface area (Å²) >= 11 is 6.71. The molecule has 22 heavy (non-hydrogen) atoms. The molecular weight excluding hydrogens is 412 g/mol. The summed E-state index contributed by atoms with van der Waals surface area (Å²) in [4.78, 5) is 25.9. The van der Waals surface area contributed by atoms with Crippen molar-refractivity contribution in [2.75, 3.05) is 10.2 Å². The van der Waals surface area contributed by atoms with E-state index < -0.39 is 6.04 Å². The average molecular weight is 424 g/mol. The molecule has 112 valence electrons. The van der Waals surface area contributed by atoms with Gasteiger partial charge < -0.3 is 5.32 Å². The quantitative estimate of drug-likeness (QED) is 0.760. The summed E-state index contributed by atoms with van der Waals surface area (Å²) in [5, 5.41) is 3.12. The smallest absolute Gasteiger partial charge is 0.256 e. The molecule has 0 bridgehead atoms. The minimum Gasteiger partial charge on any atom is -0.373 e. The Morgan fingerprint density at radius 1 is 0.909 bits per heavy atom. The van der Waals surface area contributed by atoms with Gasteiger partial charge in [0.05, 0.1) is 12.1 Å². The molecule has 1 heterocycles.